The van der Waals surface area contributed by atoms with E-state index in [1.165, 1.54) is 4.90 Å². The summed E-state index contributed by atoms with van der Waals surface area (Å²) in [4.78, 5) is 30.3. The summed E-state index contributed by atoms with van der Waals surface area (Å²) in [6.07, 6.45) is 1.06. The Balaban J connectivity index is 1.91. The summed E-state index contributed by atoms with van der Waals surface area (Å²) < 4.78 is 5.36. The highest BCUT2D eigenvalue weighted by molar-refractivity contribution is 7.09. The molecule has 2 rings (SSSR count). The van der Waals surface area contributed by atoms with Gasteiger partial charge in [0.15, 0.2) is 0 Å². The molecule has 0 aromatic carbocycles. The molecule has 0 spiro atoms. The maximum Gasteiger partial charge on any atom is 0.410 e. The number of amides is 2. The van der Waals surface area contributed by atoms with Gasteiger partial charge in [-0.3, -0.25) is 9.69 Å². The van der Waals surface area contributed by atoms with Crippen LogP contribution in [-0.4, -0.2) is 40.1 Å². The van der Waals surface area contributed by atoms with Crippen LogP contribution in [0.5, 0.6) is 0 Å². The van der Waals surface area contributed by atoms with Crippen LogP contribution in [0.1, 0.15) is 44.3 Å². The lowest BCUT2D eigenvalue weighted by Gasteiger charge is -2.27. The van der Waals surface area contributed by atoms with E-state index in [1.807, 2.05) is 33.1 Å². The van der Waals surface area contributed by atoms with Crippen LogP contribution < -0.4 is 5.32 Å². The van der Waals surface area contributed by atoms with Gasteiger partial charge in [0, 0.05) is 11.9 Å². The summed E-state index contributed by atoms with van der Waals surface area (Å²) >= 11 is 1.55. The monoisotopic (exact) mass is 325 g/mol. The first kappa shape index (κ1) is 16.7. The molecule has 1 aliphatic heterocycles. The van der Waals surface area contributed by atoms with Gasteiger partial charge in [-0.15, -0.1) is 11.3 Å². The number of aryl methyl sites for hydroxylation is 1. The Labute approximate surface area is 134 Å². The Morgan fingerprint density at radius 1 is 1.50 bits per heavy atom. The van der Waals surface area contributed by atoms with Crippen molar-refractivity contribution >= 4 is 23.3 Å². The number of likely N-dealkylation sites (tertiary alicyclic amines) is 1. The summed E-state index contributed by atoms with van der Waals surface area (Å²) in [6.45, 7) is 8.34. The number of carbonyl (C=O) groups is 2. The highest BCUT2D eigenvalue weighted by atomic mass is 32.1. The molecule has 1 saturated heterocycles. The van der Waals surface area contributed by atoms with Gasteiger partial charge in [-0.05, 0) is 40.5 Å². The second-order valence-corrected chi connectivity index (χ2v) is 7.47. The highest BCUT2D eigenvalue weighted by Gasteiger charge is 2.36. The van der Waals surface area contributed by atoms with Crippen LogP contribution in [0.15, 0.2) is 5.38 Å². The van der Waals surface area contributed by atoms with E-state index in [1.54, 1.807) is 11.3 Å². The maximum atomic E-state index is 12.3. The molecule has 2 amide bonds. The van der Waals surface area contributed by atoms with Crippen molar-refractivity contribution in [2.75, 3.05) is 6.54 Å². The van der Waals surface area contributed by atoms with E-state index in [0.29, 0.717) is 19.5 Å². The quantitative estimate of drug-likeness (QED) is 0.926. The number of hydrogen-bond donors (Lipinski definition) is 1. The Bertz CT molecular complexity index is 550. The molecule has 7 heteroatoms. The fraction of sp³-hybridized carbons (Fsp3) is 0.667. The molecular formula is C15H23N3O3S. The molecule has 22 heavy (non-hydrogen) atoms. The van der Waals surface area contributed by atoms with Crippen LogP contribution in [0, 0.1) is 6.92 Å². The number of nitrogens with zero attached hydrogens (tertiary/aromatic N) is 2. The van der Waals surface area contributed by atoms with E-state index in [9.17, 15) is 9.59 Å². The number of thiazole rings is 1. The first-order chi connectivity index (χ1) is 10.3. The molecule has 0 unspecified atom stereocenters. The Kier molecular flexibility index (Phi) is 5.05. The molecule has 1 aliphatic rings. The van der Waals surface area contributed by atoms with Crippen molar-refractivity contribution in [3.05, 3.63) is 16.1 Å². The molecule has 2 heterocycles. The van der Waals surface area contributed by atoms with Crippen molar-refractivity contribution in [1.82, 2.24) is 15.2 Å². The first-order valence-electron chi connectivity index (χ1n) is 7.44. The highest BCUT2D eigenvalue weighted by Crippen LogP contribution is 2.21. The summed E-state index contributed by atoms with van der Waals surface area (Å²) in [5.74, 6) is -0.144. The van der Waals surface area contributed by atoms with Gasteiger partial charge in [-0.2, -0.15) is 0 Å². The van der Waals surface area contributed by atoms with Crippen molar-refractivity contribution in [3.8, 4) is 0 Å². The normalized spacial score (nSPS) is 18.4. The van der Waals surface area contributed by atoms with Gasteiger partial charge in [0.25, 0.3) is 0 Å². The number of hydrogen-bond acceptors (Lipinski definition) is 5. The van der Waals surface area contributed by atoms with E-state index in [-0.39, 0.29) is 5.91 Å². The predicted octanol–water partition coefficient (Wildman–Crippen LogP) is 2.47. The minimum atomic E-state index is -0.557. The molecule has 0 aliphatic carbocycles. The SMILES string of the molecule is Cc1nc(CNC(=O)[C@@H]2CCCN2C(=O)OC(C)(C)C)cs1. The molecule has 122 valence electrons. The molecule has 1 atom stereocenters. The van der Waals surface area contributed by atoms with Crippen LogP contribution >= 0.6 is 11.3 Å². The van der Waals surface area contributed by atoms with Gasteiger partial charge in [0.05, 0.1) is 17.2 Å². The summed E-state index contributed by atoms with van der Waals surface area (Å²) in [7, 11) is 0. The molecular weight excluding hydrogens is 302 g/mol. The number of ether oxygens (including phenoxy) is 1. The zero-order chi connectivity index (χ0) is 16.3. The smallest absolute Gasteiger partial charge is 0.410 e. The van der Waals surface area contributed by atoms with Crippen LogP contribution in [0.2, 0.25) is 0 Å². The van der Waals surface area contributed by atoms with E-state index in [2.05, 4.69) is 10.3 Å². The molecule has 0 bridgehead atoms. The van der Waals surface area contributed by atoms with E-state index in [0.717, 1.165) is 17.1 Å². The lowest BCUT2D eigenvalue weighted by Crippen LogP contribution is -2.47. The van der Waals surface area contributed by atoms with E-state index >= 15 is 0 Å². The van der Waals surface area contributed by atoms with Gasteiger partial charge in [-0.25, -0.2) is 9.78 Å². The van der Waals surface area contributed by atoms with Gasteiger partial charge >= 0.3 is 6.09 Å². The molecule has 1 aromatic heterocycles. The third-order valence-electron chi connectivity index (χ3n) is 3.29. The first-order valence-corrected chi connectivity index (χ1v) is 8.32. The van der Waals surface area contributed by atoms with Crippen molar-refractivity contribution < 1.29 is 14.3 Å². The van der Waals surface area contributed by atoms with Crippen molar-refractivity contribution in [1.29, 1.82) is 0 Å². The molecule has 1 fully saturated rings. The number of rotatable bonds is 3. The van der Waals surface area contributed by atoms with Crippen LogP contribution in [0.3, 0.4) is 0 Å². The van der Waals surface area contributed by atoms with Crippen molar-refractivity contribution in [3.63, 3.8) is 0 Å². The van der Waals surface area contributed by atoms with Crippen molar-refractivity contribution in [2.45, 2.75) is 58.7 Å². The van der Waals surface area contributed by atoms with Gasteiger partial charge in [-0.1, -0.05) is 0 Å². The topological polar surface area (TPSA) is 71.5 Å². The summed E-state index contributed by atoms with van der Waals surface area (Å²) in [5.41, 5.74) is 0.288. The summed E-state index contributed by atoms with van der Waals surface area (Å²) in [5, 5.41) is 5.76. The largest absolute Gasteiger partial charge is 0.444 e. The molecule has 6 nitrogen and oxygen atoms in total. The standard InChI is InChI=1S/C15H23N3O3S/c1-10-17-11(9-22-10)8-16-13(19)12-6-5-7-18(12)14(20)21-15(2,3)4/h9,12H,5-8H2,1-4H3,(H,16,19)/t12-/m0/s1. The fourth-order valence-electron chi connectivity index (χ4n) is 2.36. The Morgan fingerprint density at radius 2 is 2.23 bits per heavy atom. The fourth-order valence-corrected chi connectivity index (χ4v) is 2.98. The average molecular weight is 325 g/mol. The van der Waals surface area contributed by atoms with Gasteiger partial charge < -0.3 is 10.1 Å². The maximum absolute atomic E-state index is 12.3. The number of nitrogens with one attached hydrogen (secondary N) is 1. The third kappa shape index (κ3) is 4.43. The van der Waals surface area contributed by atoms with Crippen LogP contribution in [-0.2, 0) is 16.1 Å². The second-order valence-electron chi connectivity index (χ2n) is 6.41. The average Bonchev–Trinajstić information content (AvgIpc) is 3.02. The number of aromatic nitrogens is 1. The number of carbonyl (C=O) groups excluding carboxylic acids is 2. The summed E-state index contributed by atoms with van der Waals surface area (Å²) in [6, 6.07) is -0.449. The predicted molar refractivity (Wildman–Crippen MR) is 84.7 cm³/mol. The minimum absolute atomic E-state index is 0.144. The van der Waals surface area contributed by atoms with Gasteiger partial charge in [0.1, 0.15) is 11.6 Å². The zero-order valence-electron chi connectivity index (χ0n) is 13.5. The second kappa shape index (κ2) is 6.64. The van der Waals surface area contributed by atoms with Gasteiger partial charge in [0.2, 0.25) is 5.91 Å². The minimum Gasteiger partial charge on any atom is -0.444 e. The molecule has 0 radical (unpaired) electrons. The van der Waals surface area contributed by atoms with Crippen LogP contribution in [0.25, 0.3) is 0 Å². The third-order valence-corrected chi connectivity index (χ3v) is 4.12. The van der Waals surface area contributed by atoms with E-state index < -0.39 is 17.7 Å². The van der Waals surface area contributed by atoms with E-state index in [4.69, 9.17) is 4.74 Å². The Morgan fingerprint density at radius 3 is 2.82 bits per heavy atom. The lowest BCUT2D eigenvalue weighted by molar-refractivity contribution is -0.125. The zero-order valence-corrected chi connectivity index (χ0v) is 14.3. The van der Waals surface area contributed by atoms with Crippen LogP contribution in [0.4, 0.5) is 4.79 Å². The molecule has 1 aromatic rings. The van der Waals surface area contributed by atoms with Crippen molar-refractivity contribution in [2.24, 2.45) is 0 Å². The lowest BCUT2D eigenvalue weighted by atomic mass is 10.2. The molecule has 0 saturated carbocycles. The Hall–Kier alpha value is -1.63. The molecule has 1 N–H and O–H groups in total.